The first-order valence-electron chi connectivity index (χ1n) is 1.51. The number of carboxylic acid groups (broad SMARTS) is 1. The molecule has 0 aromatic carbocycles. The Kier molecular flexibility index (Phi) is 6.61. The fraction of sp³-hybridized carbons (Fsp3) is 0.667. The van der Waals surface area contributed by atoms with Crippen LogP contribution in [0, 0.1) is 0 Å². The summed E-state index contributed by atoms with van der Waals surface area (Å²) in [5, 5.41) is 7.62. The predicted molar refractivity (Wildman–Crippen MR) is 18.2 cm³/mol. The molecule has 0 aromatic heterocycles. The maximum absolute atomic E-state index is 11.2. The number of hydrogen-bond donors (Lipinski definition) is 1. The summed E-state index contributed by atoms with van der Waals surface area (Å²) in [5.41, 5.74) is 0. The van der Waals surface area contributed by atoms with Gasteiger partial charge in [-0.25, -0.2) is 9.18 Å². The second-order valence-electron chi connectivity index (χ2n) is 0.954. The molecule has 2 nitrogen and oxygen atoms in total. The molecule has 0 aliphatic heterocycles. The van der Waals surface area contributed by atoms with Crippen molar-refractivity contribution in [3.05, 3.63) is 0 Å². The Bertz CT molecular complexity index is 64.0. The Hall–Kier alpha value is 0.322. The molecule has 0 heterocycles. The van der Waals surface area contributed by atoms with Crippen LogP contribution < -0.4 is 0 Å². The molecule has 0 amide bonds. The number of carboxylic acids is 1. The zero-order valence-electron chi connectivity index (χ0n) is 4.02. The van der Waals surface area contributed by atoms with Gasteiger partial charge in [0.1, 0.15) is 0 Å². The van der Waals surface area contributed by atoms with Crippen LogP contribution in [-0.2, 0) is 32.1 Å². The van der Waals surface area contributed by atoms with Crippen molar-refractivity contribution in [2.24, 2.45) is 0 Å². The minimum atomic E-state index is -1.73. The summed E-state index contributed by atoms with van der Waals surface area (Å²) in [5.74, 6) is -1.41. The Morgan fingerprint density at radius 2 is 2.00 bits per heavy atom. The van der Waals surface area contributed by atoms with E-state index in [1.165, 1.54) is 0 Å². The molecule has 7 heavy (non-hydrogen) atoms. The van der Waals surface area contributed by atoms with Crippen LogP contribution in [0.25, 0.3) is 0 Å². The fourth-order valence-corrected chi connectivity index (χ4v) is 0. The van der Waals surface area contributed by atoms with E-state index >= 15 is 0 Å². The summed E-state index contributed by atoms with van der Waals surface area (Å²) in [6, 6.07) is 0. The monoisotopic (exact) mass is 206 g/mol. The molecule has 38 valence electrons. The summed E-state index contributed by atoms with van der Waals surface area (Å²) >= 11 is 0. The normalized spacial score (nSPS) is 11.7. The van der Waals surface area contributed by atoms with Crippen LogP contribution >= 0.6 is 0 Å². The predicted octanol–water partition coefficient (Wildman–Crippen LogP) is 0.426. The van der Waals surface area contributed by atoms with Gasteiger partial charge in [-0.3, -0.25) is 0 Å². The van der Waals surface area contributed by atoms with Crippen LogP contribution in [0.3, 0.4) is 0 Å². The summed E-state index contributed by atoms with van der Waals surface area (Å²) in [4.78, 5) is 9.32. The van der Waals surface area contributed by atoms with E-state index in [1.807, 2.05) is 0 Å². The molecule has 0 aliphatic carbocycles. The van der Waals surface area contributed by atoms with Gasteiger partial charge in [0.2, 0.25) is 0 Å². The Morgan fingerprint density at radius 3 is 2.00 bits per heavy atom. The number of aliphatic carboxylic acids is 1. The van der Waals surface area contributed by atoms with E-state index < -0.39 is 12.1 Å². The van der Waals surface area contributed by atoms with Crippen molar-refractivity contribution < 1.29 is 41.6 Å². The maximum atomic E-state index is 11.2. The van der Waals surface area contributed by atoms with Gasteiger partial charge in [0, 0.05) is 27.3 Å². The molecule has 0 spiro atoms. The Morgan fingerprint density at radius 1 is 1.86 bits per heavy atom. The third-order valence-electron chi connectivity index (χ3n) is 0.340. The van der Waals surface area contributed by atoms with Crippen LogP contribution in [0.15, 0.2) is 0 Å². The number of carbonyl (C=O) groups is 1. The summed E-state index contributed by atoms with van der Waals surface area (Å²) < 4.78 is 11.2. The third-order valence-corrected chi connectivity index (χ3v) is 0.340. The van der Waals surface area contributed by atoms with Gasteiger partial charge in [-0.15, -0.1) is 0 Å². The average molecular weight is 204 g/mol. The molecular weight excluding hydrogens is 199 g/mol. The molecule has 0 fully saturated rings. The molecular formula is C3H5CdFO2. The van der Waals surface area contributed by atoms with Crippen molar-refractivity contribution in [1.29, 1.82) is 0 Å². The topological polar surface area (TPSA) is 37.3 Å². The minimum Gasteiger partial charge on any atom is -0.479 e. The van der Waals surface area contributed by atoms with E-state index in [-0.39, 0.29) is 27.3 Å². The molecule has 1 atom stereocenters. The first-order chi connectivity index (χ1) is 2.64. The van der Waals surface area contributed by atoms with Gasteiger partial charge in [0.25, 0.3) is 0 Å². The molecule has 0 saturated carbocycles. The third kappa shape index (κ3) is 6.32. The van der Waals surface area contributed by atoms with Gasteiger partial charge in [-0.1, -0.05) is 0 Å². The summed E-state index contributed by atoms with van der Waals surface area (Å²) in [7, 11) is 0. The van der Waals surface area contributed by atoms with E-state index in [2.05, 4.69) is 0 Å². The molecule has 0 bridgehead atoms. The van der Waals surface area contributed by atoms with Crippen LogP contribution in [0.1, 0.15) is 6.92 Å². The van der Waals surface area contributed by atoms with Gasteiger partial charge >= 0.3 is 5.97 Å². The number of halogens is 1. The molecule has 0 rings (SSSR count). The maximum Gasteiger partial charge on any atom is 0.337 e. The fourth-order valence-electron chi connectivity index (χ4n) is 0. The number of rotatable bonds is 1. The van der Waals surface area contributed by atoms with Crippen molar-refractivity contribution in [2.45, 2.75) is 13.1 Å². The smallest absolute Gasteiger partial charge is 0.337 e. The second-order valence-corrected chi connectivity index (χ2v) is 0.954. The SMILES string of the molecule is CC(F)C(=O)O.[Cd]. The van der Waals surface area contributed by atoms with Crippen LogP contribution in [0.2, 0.25) is 0 Å². The van der Waals surface area contributed by atoms with E-state index in [1.54, 1.807) is 0 Å². The quantitative estimate of drug-likeness (QED) is 0.629. The van der Waals surface area contributed by atoms with Gasteiger partial charge in [0.15, 0.2) is 6.17 Å². The van der Waals surface area contributed by atoms with Gasteiger partial charge in [-0.2, -0.15) is 0 Å². The van der Waals surface area contributed by atoms with Gasteiger partial charge in [-0.05, 0) is 6.92 Å². The number of hydrogen-bond acceptors (Lipinski definition) is 1. The first-order valence-corrected chi connectivity index (χ1v) is 1.51. The molecule has 1 N–H and O–H groups in total. The van der Waals surface area contributed by atoms with Gasteiger partial charge in [0.05, 0.1) is 0 Å². The van der Waals surface area contributed by atoms with Crippen molar-refractivity contribution in [3.8, 4) is 0 Å². The first kappa shape index (κ1) is 10.3. The van der Waals surface area contributed by atoms with E-state index in [4.69, 9.17) is 5.11 Å². The van der Waals surface area contributed by atoms with Gasteiger partial charge < -0.3 is 5.11 Å². The Balaban J connectivity index is 0. The van der Waals surface area contributed by atoms with E-state index in [0.29, 0.717) is 0 Å². The van der Waals surface area contributed by atoms with Crippen molar-refractivity contribution in [2.75, 3.05) is 0 Å². The molecule has 0 radical (unpaired) electrons. The molecule has 0 saturated heterocycles. The molecule has 0 aromatic rings. The average Bonchev–Trinajstić information content (AvgIpc) is 1.36. The standard InChI is InChI=1S/C3H5FO2.Cd/c1-2(4)3(5)6;/h2H,1H3,(H,5,6);. The van der Waals surface area contributed by atoms with Crippen molar-refractivity contribution in [1.82, 2.24) is 0 Å². The minimum absolute atomic E-state index is 0. The van der Waals surface area contributed by atoms with Crippen LogP contribution in [-0.4, -0.2) is 17.2 Å². The second kappa shape index (κ2) is 4.48. The number of alkyl halides is 1. The summed E-state index contributed by atoms with van der Waals surface area (Å²) in [6.45, 7) is 0.975. The zero-order valence-corrected chi connectivity index (χ0v) is 8.05. The molecule has 0 aliphatic rings. The van der Waals surface area contributed by atoms with Crippen LogP contribution in [0.4, 0.5) is 4.39 Å². The van der Waals surface area contributed by atoms with Crippen molar-refractivity contribution >= 4 is 5.97 Å². The van der Waals surface area contributed by atoms with E-state index in [0.717, 1.165) is 6.92 Å². The molecule has 4 heteroatoms. The van der Waals surface area contributed by atoms with Crippen LogP contribution in [0.5, 0.6) is 0 Å². The van der Waals surface area contributed by atoms with E-state index in [9.17, 15) is 9.18 Å². The molecule has 1 unspecified atom stereocenters. The largest absolute Gasteiger partial charge is 0.479 e. The Labute approximate surface area is 60.9 Å². The summed E-state index contributed by atoms with van der Waals surface area (Å²) in [6.07, 6.45) is -1.73. The van der Waals surface area contributed by atoms with Crippen molar-refractivity contribution in [3.63, 3.8) is 0 Å². The zero-order chi connectivity index (χ0) is 5.15.